The summed E-state index contributed by atoms with van der Waals surface area (Å²) in [7, 11) is 4.84. The summed E-state index contributed by atoms with van der Waals surface area (Å²) in [6.45, 7) is 0.679. The van der Waals surface area contributed by atoms with Gasteiger partial charge in [-0.15, -0.1) is 0 Å². The zero-order valence-corrected chi connectivity index (χ0v) is 12.8. The van der Waals surface area contributed by atoms with Crippen molar-refractivity contribution in [2.45, 2.75) is 18.6 Å². The highest BCUT2D eigenvalue weighted by molar-refractivity contribution is 5.41. The number of nitrogens with zero attached hydrogens (tertiary/aromatic N) is 4. The molecule has 2 aromatic heterocycles. The molecule has 0 radical (unpaired) electrons. The average Bonchev–Trinajstić information content (AvgIpc) is 3.22. The molecule has 0 saturated carbocycles. The van der Waals surface area contributed by atoms with Gasteiger partial charge in [0.05, 0.1) is 32.4 Å². The molecule has 1 unspecified atom stereocenters. The Labute approximate surface area is 128 Å². The smallest absolute Gasteiger partial charge is 0.232 e. The van der Waals surface area contributed by atoms with Crippen LogP contribution in [-0.4, -0.2) is 53.9 Å². The van der Waals surface area contributed by atoms with Crippen molar-refractivity contribution in [1.82, 2.24) is 19.9 Å². The highest BCUT2D eigenvalue weighted by atomic mass is 16.5. The van der Waals surface area contributed by atoms with Gasteiger partial charge < -0.3 is 24.1 Å². The number of anilines is 1. The largest absolute Gasteiger partial charge is 0.481 e. The fraction of sp³-hybridized carbons (Fsp3) is 0.500. The van der Waals surface area contributed by atoms with Crippen molar-refractivity contribution in [2.75, 3.05) is 32.8 Å². The monoisotopic (exact) mass is 305 g/mol. The van der Waals surface area contributed by atoms with Gasteiger partial charge in [0, 0.05) is 32.5 Å². The zero-order valence-electron chi connectivity index (χ0n) is 12.8. The van der Waals surface area contributed by atoms with Crippen LogP contribution in [0.4, 0.5) is 5.95 Å². The molecule has 1 aliphatic heterocycles. The molecule has 2 aromatic rings. The number of nitrogens with one attached hydrogen (secondary N) is 1. The van der Waals surface area contributed by atoms with Gasteiger partial charge in [-0.05, 0) is 0 Å². The maximum absolute atomic E-state index is 5.50. The van der Waals surface area contributed by atoms with Gasteiger partial charge in [-0.3, -0.25) is 0 Å². The molecule has 1 fully saturated rings. The normalized spacial score (nSPS) is 21.1. The second kappa shape index (κ2) is 6.18. The van der Waals surface area contributed by atoms with E-state index in [-0.39, 0.29) is 12.1 Å². The quantitative estimate of drug-likeness (QED) is 0.887. The Kier molecular flexibility index (Phi) is 4.10. The Hall–Kier alpha value is -2.35. The third-order valence-corrected chi connectivity index (χ3v) is 3.77. The average molecular weight is 305 g/mol. The summed E-state index contributed by atoms with van der Waals surface area (Å²) in [6, 6.07) is 1.67. The van der Waals surface area contributed by atoms with Crippen LogP contribution < -0.4 is 14.4 Å². The molecule has 1 aliphatic rings. The fourth-order valence-electron chi connectivity index (χ4n) is 2.64. The van der Waals surface area contributed by atoms with Gasteiger partial charge in [-0.25, -0.2) is 4.98 Å². The summed E-state index contributed by atoms with van der Waals surface area (Å²) in [6.07, 6.45) is 4.45. The van der Waals surface area contributed by atoms with Gasteiger partial charge in [0.1, 0.15) is 5.82 Å². The van der Waals surface area contributed by atoms with Crippen LogP contribution in [0.15, 0.2) is 18.5 Å². The molecular weight excluding hydrogens is 286 g/mol. The van der Waals surface area contributed by atoms with E-state index in [2.05, 4.69) is 24.8 Å². The number of methoxy groups -OCH3 is 3. The molecule has 3 heterocycles. The molecule has 3 rings (SSSR count). The van der Waals surface area contributed by atoms with Crippen LogP contribution in [0.5, 0.6) is 11.8 Å². The number of hydrogen-bond acceptors (Lipinski definition) is 7. The maximum atomic E-state index is 5.50. The Morgan fingerprint density at radius 1 is 1.18 bits per heavy atom. The number of aromatic nitrogens is 4. The van der Waals surface area contributed by atoms with Crippen molar-refractivity contribution < 1.29 is 14.2 Å². The van der Waals surface area contributed by atoms with Crippen molar-refractivity contribution >= 4 is 5.95 Å². The van der Waals surface area contributed by atoms with Crippen LogP contribution in [0, 0.1) is 0 Å². The Morgan fingerprint density at radius 3 is 2.45 bits per heavy atom. The first-order valence-electron chi connectivity index (χ1n) is 7.01. The van der Waals surface area contributed by atoms with Crippen LogP contribution in [0.2, 0.25) is 0 Å². The maximum Gasteiger partial charge on any atom is 0.232 e. The van der Waals surface area contributed by atoms with Crippen molar-refractivity contribution in [3.05, 3.63) is 24.3 Å². The van der Waals surface area contributed by atoms with E-state index in [1.807, 2.05) is 0 Å². The van der Waals surface area contributed by atoms with E-state index in [4.69, 9.17) is 14.2 Å². The minimum Gasteiger partial charge on any atom is -0.481 e. The molecule has 1 N–H and O–H groups in total. The highest BCUT2D eigenvalue weighted by Gasteiger charge is 2.36. The number of aromatic amines is 1. The van der Waals surface area contributed by atoms with E-state index >= 15 is 0 Å². The summed E-state index contributed by atoms with van der Waals surface area (Å²) in [5.74, 6) is 2.32. The first-order valence-corrected chi connectivity index (χ1v) is 7.01. The summed E-state index contributed by atoms with van der Waals surface area (Å²) in [4.78, 5) is 18.4. The van der Waals surface area contributed by atoms with Gasteiger partial charge in [-0.1, -0.05) is 0 Å². The molecule has 0 bridgehead atoms. The highest BCUT2D eigenvalue weighted by Crippen LogP contribution is 2.35. The molecule has 0 amide bonds. The molecule has 8 nitrogen and oxygen atoms in total. The Balaban J connectivity index is 1.97. The topological polar surface area (TPSA) is 85.4 Å². The van der Waals surface area contributed by atoms with E-state index < -0.39 is 0 Å². The molecule has 8 heteroatoms. The summed E-state index contributed by atoms with van der Waals surface area (Å²) < 4.78 is 16.0. The van der Waals surface area contributed by atoms with Gasteiger partial charge in [0.15, 0.2) is 0 Å². The number of imidazole rings is 1. The molecule has 2 atom stereocenters. The van der Waals surface area contributed by atoms with Gasteiger partial charge in [-0.2, -0.15) is 9.97 Å². The third-order valence-electron chi connectivity index (χ3n) is 3.77. The molecule has 0 aliphatic carbocycles. The van der Waals surface area contributed by atoms with Crippen LogP contribution in [0.1, 0.15) is 18.3 Å². The standard InChI is InChI=1S/C14H19N5O3/c1-20-9-6-10(13-15-4-5-16-13)19(8-9)14-17-11(21-2)7-12(18-14)22-3/h4-5,7,9-10H,6,8H2,1-3H3,(H,15,16)/t9-,10?/m1/s1. The minimum absolute atomic E-state index is 0.0248. The van der Waals surface area contributed by atoms with Gasteiger partial charge in [0.25, 0.3) is 0 Å². The molecule has 22 heavy (non-hydrogen) atoms. The second-order valence-electron chi connectivity index (χ2n) is 4.99. The zero-order chi connectivity index (χ0) is 15.5. The summed E-state index contributed by atoms with van der Waals surface area (Å²) in [5, 5.41) is 0. The van der Waals surface area contributed by atoms with Crippen LogP contribution in [0.25, 0.3) is 0 Å². The molecule has 0 aromatic carbocycles. The van der Waals surface area contributed by atoms with E-state index in [1.54, 1.807) is 39.8 Å². The molecule has 0 spiro atoms. The lowest BCUT2D eigenvalue weighted by molar-refractivity contribution is 0.118. The summed E-state index contributed by atoms with van der Waals surface area (Å²) in [5.41, 5.74) is 0. The van der Waals surface area contributed by atoms with Crippen molar-refractivity contribution in [3.63, 3.8) is 0 Å². The molecular formula is C14H19N5O3. The van der Waals surface area contributed by atoms with Crippen molar-refractivity contribution in [2.24, 2.45) is 0 Å². The Bertz CT molecular complexity index is 597. The van der Waals surface area contributed by atoms with Gasteiger partial charge >= 0.3 is 0 Å². The first kappa shape index (κ1) is 14.6. The van der Waals surface area contributed by atoms with E-state index in [0.717, 1.165) is 12.2 Å². The lowest BCUT2D eigenvalue weighted by atomic mass is 10.2. The van der Waals surface area contributed by atoms with E-state index in [9.17, 15) is 0 Å². The predicted molar refractivity (Wildman–Crippen MR) is 79.2 cm³/mol. The van der Waals surface area contributed by atoms with Crippen LogP contribution in [-0.2, 0) is 4.74 Å². The second-order valence-corrected chi connectivity index (χ2v) is 4.99. The van der Waals surface area contributed by atoms with E-state index in [1.165, 1.54) is 0 Å². The number of hydrogen-bond donors (Lipinski definition) is 1. The Morgan fingerprint density at radius 2 is 1.91 bits per heavy atom. The third kappa shape index (κ3) is 2.69. The minimum atomic E-state index is 0.0248. The van der Waals surface area contributed by atoms with Crippen LogP contribution >= 0.6 is 0 Å². The fourth-order valence-corrected chi connectivity index (χ4v) is 2.64. The SMILES string of the molecule is COc1cc(OC)nc(N2C[C@H](OC)CC2c2ncc[nH]2)n1. The van der Waals surface area contributed by atoms with Crippen molar-refractivity contribution in [1.29, 1.82) is 0 Å². The van der Waals surface area contributed by atoms with Gasteiger partial charge in [0.2, 0.25) is 17.7 Å². The number of ether oxygens (including phenoxy) is 3. The molecule has 118 valence electrons. The lowest BCUT2D eigenvalue weighted by Crippen LogP contribution is -2.27. The first-order chi connectivity index (χ1) is 10.7. The van der Waals surface area contributed by atoms with E-state index in [0.29, 0.717) is 24.3 Å². The van der Waals surface area contributed by atoms with Crippen LogP contribution in [0.3, 0.4) is 0 Å². The lowest BCUT2D eigenvalue weighted by Gasteiger charge is -2.23. The number of H-pyrrole nitrogens is 1. The number of rotatable bonds is 5. The predicted octanol–water partition coefficient (Wildman–Crippen LogP) is 1.18. The summed E-state index contributed by atoms with van der Waals surface area (Å²) >= 11 is 0. The van der Waals surface area contributed by atoms with Crippen molar-refractivity contribution in [3.8, 4) is 11.8 Å². The molecule has 1 saturated heterocycles.